The van der Waals surface area contributed by atoms with Gasteiger partial charge in [0.1, 0.15) is 0 Å². The molecule has 0 fully saturated rings. The highest BCUT2D eigenvalue weighted by Crippen LogP contribution is 2.20. The van der Waals surface area contributed by atoms with Crippen LogP contribution in [0.25, 0.3) is 0 Å². The Balaban J connectivity index is 2.02. The van der Waals surface area contributed by atoms with E-state index >= 15 is 0 Å². The van der Waals surface area contributed by atoms with E-state index in [2.05, 4.69) is 21.4 Å². The van der Waals surface area contributed by atoms with Gasteiger partial charge in [0.25, 0.3) is 0 Å². The molecule has 1 aliphatic rings. The lowest BCUT2D eigenvalue weighted by atomic mass is 10.00. The number of para-hydroxylation sites is 1. The van der Waals surface area contributed by atoms with Gasteiger partial charge in [0, 0.05) is 12.2 Å². The highest BCUT2D eigenvalue weighted by molar-refractivity contribution is 5.68. The standard InChI is InChI=1S/C11H14N2O2/c1-15-11(14)13-9-6-8-4-2-3-5-10(8)12-7-9/h2-5,9,12H,6-7H2,1H3,(H,13,14)/t9-/m0/s1. The van der Waals surface area contributed by atoms with Crippen molar-refractivity contribution in [2.24, 2.45) is 0 Å². The van der Waals surface area contributed by atoms with Crippen molar-refractivity contribution >= 4 is 11.8 Å². The number of carbonyl (C=O) groups is 1. The Hall–Kier alpha value is -1.71. The number of anilines is 1. The van der Waals surface area contributed by atoms with Gasteiger partial charge in [-0.2, -0.15) is 0 Å². The highest BCUT2D eigenvalue weighted by Gasteiger charge is 2.19. The van der Waals surface area contributed by atoms with Crippen molar-refractivity contribution in [2.75, 3.05) is 19.0 Å². The van der Waals surface area contributed by atoms with Gasteiger partial charge in [-0.25, -0.2) is 4.79 Å². The Morgan fingerprint density at radius 1 is 1.53 bits per heavy atom. The molecule has 0 unspecified atom stereocenters. The maximum Gasteiger partial charge on any atom is 0.407 e. The Morgan fingerprint density at radius 3 is 3.13 bits per heavy atom. The SMILES string of the molecule is COC(=O)N[C@@H]1CNc2ccccc2C1. The molecule has 1 aliphatic heterocycles. The van der Waals surface area contributed by atoms with Crippen LogP contribution >= 0.6 is 0 Å². The van der Waals surface area contributed by atoms with Crippen molar-refractivity contribution in [3.63, 3.8) is 0 Å². The summed E-state index contributed by atoms with van der Waals surface area (Å²) < 4.78 is 4.56. The van der Waals surface area contributed by atoms with E-state index in [1.807, 2.05) is 18.2 Å². The fraction of sp³-hybridized carbons (Fsp3) is 0.364. The summed E-state index contributed by atoms with van der Waals surface area (Å²) in [5.74, 6) is 0. The molecule has 80 valence electrons. The number of hydrogen-bond donors (Lipinski definition) is 2. The van der Waals surface area contributed by atoms with Crippen molar-refractivity contribution in [1.82, 2.24) is 5.32 Å². The molecule has 2 rings (SSSR count). The van der Waals surface area contributed by atoms with Gasteiger partial charge in [-0.3, -0.25) is 0 Å². The third kappa shape index (κ3) is 2.21. The average molecular weight is 206 g/mol. The fourth-order valence-electron chi connectivity index (χ4n) is 1.77. The number of methoxy groups -OCH3 is 1. The topological polar surface area (TPSA) is 50.4 Å². The first-order valence-electron chi connectivity index (χ1n) is 4.96. The van der Waals surface area contributed by atoms with Crippen LogP contribution in [0.1, 0.15) is 5.56 Å². The number of ether oxygens (including phenoxy) is 1. The molecule has 1 heterocycles. The monoisotopic (exact) mass is 206 g/mol. The number of carbonyl (C=O) groups excluding carboxylic acids is 1. The number of nitrogens with one attached hydrogen (secondary N) is 2. The number of benzene rings is 1. The average Bonchev–Trinajstić information content (AvgIpc) is 2.29. The van der Waals surface area contributed by atoms with Crippen LogP contribution in [0.15, 0.2) is 24.3 Å². The van der Waals surface area contributed by atoms with Crippen LogP contribution in [0.5, 0.6) is 0 Å². The smallest absolute Gasteiger partial charge is 0.407 e. The van der Waals surface area contributed by atoms with E-state index in [9.17, 15) is 4.79 Å². The molecular weight excluding hydrogens is 192 g/mol. The second kappa shape index (κ2) is 4.21. The van der Waals surface area contributed by atoms with Crippen LogP contribution in [0.3, 0.4) is 0 Å². The van der Waals surface area contributed by atoms with Gasteiger partial charge in [-0.05, 0) is 18.1 Å². The number of fused-ring (bicyclic) bond motifs is 1. The van der Waals surface area contributed by atoms with E-state index in [4.69, 9.17) is 0 Å². The van der Waals surface area contributed by atoms with E-state index in [1.54, 1.807) is 0 Å². The van der Waals surface area contributed by atoms with E-state index < -0.39 is 0 Å². The second-order valence-electron chi connectivity index (χ2n) is 3.58. The summed E-state index contributed by atoms with van der Waals surface area (Å²) in [6.45, 7) is 0.742. The summed E-state index contributed by atoms with van der Waals surface area (Å²) in [4.78, 5) is 11.0. The first-order chi connectivity index (χ1) is 7.29. The highest BCUT2D eigenvalue weighted by atomic mass is 16.5. The Labute approximate surface area is 88.6 Å². The minimum absolute atomic E-state index is 0.104. The van der Waals surface area contributed by atoms with Crippen LogP contribution < -0.4 is 10.6 Å². The van der Waals surface area contributed by atoms with Gasteiger partial charge in [0.05, 0.1) is 13.2 Å². The summed E-state index contributed by atoms with van der Waals surface area (Å²) >= 11 is 0. The molecule has 0 aliphatic carbocycles. The number of alkyl carbamates (subject to hydrolysis) is 1. The molecule has 0 spiro atoms. The molecule has 0 saturated carbocycles. The van der Waals surface area contributed by atoms with E-state index in [0.29, 0.717) is 0 Å². The molecule has 0 bridgehead atoms. The number of amides is 1. The second-order valence-corrected chi connectivity index (χ2v) is 3.58. The van der Waals surface area contributed by atoms with Crippen molar-refractivity contribution in [3.05, 3.63) is 29.8 Å². The third-order valence-corrected chi connectivity index (χ3v) is 2.53. The lowest BCUT2D eigenvalue weighted by Crippen LogP contribution is -2.43. The lowest BCUT2D eigenvalue weighted by Gasteiger charge is -2.26. The largest absolute Gasteiger partial charge is 0.453 e. The van der Waals surface area contributed by atoms with Gasteiger partial charge >= 0.3 is 6.09 Å². The molecule has 0 saturated heterocycles. The summed E-state index contributed by atoms with van der Waals surface area (Å²) in [7, 11) is 1.37. The maximum atomic E-state index is 11.0. The quantitative estimate of drug-likeness (QED) is 0.729. The molecule has 1 aromatic rings. The Kier molecular flexibility index (Phi) is 2.76. The van der Waals surface area contributed by atoms with Gasteiger partial charge in [0.15, 0.2) is 0 Å². The molecule has 1 amide bonds. The predicted octanol–water partition coefficient (Wildman–Crippen LogP) is 1.38. The van der Waals surface area contributed by atoms with Crippen LogP contribution in [-0.2, 0) is 11.2 Å². The number of rotatable bonds is 1. The fourth-order valence-corrected chi connectivity index (χ4v) is 1.77. The number of hydrogen-bond acceptors (Lipinski definition) is 3. The molecule has 1 aromatic carbocycles. The Morgan fingerprint density at radius 2 is 2.33 bits per heavy atom. The van der Waals surface area contributed by atoms with Gasteiger partial charge < -0.3 is 15.4 Å². The van der Waals surface area contributed by atoms with Crippen LogP contribution in [-0.4, -0.2) is 25.8 Å². The summed E-state index contributed by atoms with van der Waals surface area (Å²) in [5, 5.41) is 6.06. The predicted molar refractivity (Wildman–Crippen MR) is 58.0 cm³/mol. The zero-order chi connectivity index (χ0) is 10.7. The van der Waals surface area contributed by atoms with E-state index in [0.717, 1.165) is 18.7 Å². The van der Waals surface area contributed by atoms with Crippen molar-refractivity contribution in [3.8, 4) is 0 Å². The van der Waals surface area contributed by atoms with Crippen LogP contribution in [0.2, 0.25) is 0 Å². The van der Waals surface area contributed by atoms with Crippen LogP contribution in [0.4, 0.5) is 10.5 Å². The van der Waals surface area contributed by atoms with Crippen molar-refractivity contribution in [1.29, 1.82) is 0 Å². The minimum Gasteiger partial charge on any atom is -0.453 e. The molecular formula is C11H14N2O2. The molecule has 4 heteroatoms. The molecule has 0 radical (unpaired) electrons. The first kappa shape index (κ1) is 9.83. The van der Waals surface area contributed by atoms with Crippen molar-refractivity contribution in [2.45, 2.75) is 12.5 Å². The maximum absolute atomic E-state index is 11.0. The molecule has 15 heavy (non-hydrogen) atoms. The van der Waals surface area contributed by atoms with Gasteiger partial charge in [0.2, 0.25) is 0 Å². The zero-order valence-electron chi connectivity index (χ0n) is 8.62. The minimum atomic E-state index is -0.374. The summed E-state index contributed by atoms with van der Waals surface area (Å²) in [6, 6.07) is 8.21. The van der Waals surface area contributed by atoms with E-state index in [-0.39, 0.29) is 12.1 Å². The van der Waals surface area contributed by atoms with Crippen LogP contribution in [0, 0.1) is 0 Å². The van der Waals surface area contributed by atoms with Gasteiger partial charge in [-0.1, -0.05) is 18.2 Å². The molecule has 0 aromatic heterocycles. The van der Waals surface area contributed by atoms with Crippen molar-refractivity contribution < 1.29 is 9.53 Å². The third-order valence-electron chi connectivity index (χ3n) is 2.53. The Bertz CT molecular complexity index is 365. The normalized spacial score (nSPS) is 18.6. The first-order valence-corrected chi connectivity index (χ1v) is 4.96. The molecule has 2 N–H and O–H groups in total. The zero-order valence-corrected chi connectivity index (χ0v) is 8.62. The lowest BCUT2D eigenvalue weighted by molar-refractivity contribution is 0.167. The molecule has 1 atom stereocenters. The van der Waals surface area contributed by atoms with E-state index in [1.165, 1.54) is 12.7 Å². The molecule has 4 nitrogen and oxygen atoms in total. The van der Waals surface area contributed by atoms with Gasteiger partial charge in [-0.15, -0.1) is 0 Å². The summed E-state index contributed by atoms with van der Waals surface area (Å²) in [6.07, 6.45) is 0.472. The summed E-state index contributed by atoms with van der Waals surface area (Å²) in [5.41, 5.74) is 2.38.